The van der Waals surface area contributed by atoms with Gasteiger partial charge in [-0.05, 0) is 70.2 Å². The first-order chi connectivity index (χ1) is 13.1. The molecular weight excluding hydrogens is 388 g/mol. The summed E-state index contributed by atoms with van der Waals surface area (Å²) in [5.74, 6) is 0.631. The molecule has 0 heterocycles. The molecule has 166 valence electrons. The summed E-state index contributed by atoms with van der Waals surface area (Å²) in [7, 11) is -3.45. The number of hydrogen-bond donors (Lipinski definition) is 1. The number of nitrogens with one attached hydrogen (secondary N) is 1. The van der Waals surface area contributed by atoms with Crippen LogP contribution in [0.2, 0.25) is 0 Å². The summed E-state index contributed by atoms with van der Waals surface area (Å²) in [5, 5.41) is 3.07. The van der Waals surface area contributed by atoms with E-state index in [4.69, 9.17) is 4.74 Å². The van der Waals surface area contributed by atoms with Gasteiger partial charge in [-0.25, -0.2) is 8.42 Å². The second kappa shape index (κ2) is 9.83. The molecular formula is C22H38N2O4S. The minimum Gasteiger partial charge on any atom is -0.491 e. The molecule has 0 saturated heterocycles. The average Bonchev–Trinajstić information content (AvgIpc) is 2.48. The molecule has 0 unspecified atom stereocenters. The Morgan fingerprint density at radius 3 is 2.10 bits per heavy atom. The zero-order valence-electron chi connectivity index (χ0n) is 19.2. The van der Waals surface area contributed by atoms with Crippen LogP contribution in [-0.4, -0.2) is 38.8 Å². The number of benzene rings is 1. The summed E-state index contributed by atoms with van der Waals surface area (Å²) < 4.78 is 31.4. The van der Waals surface area contributed by atoms with E-state index in [0.717, 1.165) is 6.42 Å². The van der Waals surface area contributed by atoms with Crippen molar-refractivity contribution in [2.45, 2.75) is 79.4 Å². The van der Waals surface area contributed by atoms with Crippen LogP contribution in [-0.2, 0) is 14.8 Å². The molecule has 1 N–H and O–H groups in total. The number of nitrogens with zero attached hydrogens (tertiary/aromatic N) is 1. The third kappa shape index (κ3) is 10.0. The molecule has 1 amide bonds. The minimum absolute atomic E-state index is 0.0490. The Bertz CT molecular complexity index is 763. The lowest BCUT2D eigenvalue weighted by atomic mass is 9.82. The lowest BCUT2D eigenvalue weighted by Crippen LogP contribution is -2.46. The van der Waals surface area contributed by atoms with Crippen molar-refractivity contribution in [3.05, 3.63) is 24.3 Å². The molecule has 0 aliphatic rings. The van der Waals surface area contributed by atoms with Gasteiger partial charge in [0.1, 0.15) is 5.75 Å². The number of sulfonamides is 1. The first-order valence-electron chi connectivity index (χ1n) is 10.1. The van der Waals surface area contributed by atoms with Crippen molar-refractivity contribution < 1.29 is 17.9 Å². The van der Waals surface area contributed by atoms with Crippen LogP contribution in [0.25, 0.3) is 0 Å². The van der Waals surface area contributed by atoms with Crippen molar-refractivity contribution in [3.63, 3.8) is 0 Å². The third-order valence-electron chi connectivity index (χ3n) is 4.11. The summed E-state index contributed by atoms with van der Waals surface area (Å²) in [6.45, 7) is 14.6. The Labute approximate surface area is 177 Å². The molecule has 0 bridgehead atoms. The Balaban J connectivity index is 2.71. The lowest BCUT2D eigenvalue weighted by Gasteiger charge is -2.33. The fourth-order valence-corrected chi connectivity index (χ4v) is 4.61. The van der Waals surface area contributed by atoms with Crippen molar-refractivity contribution in [1.29, 1.82) is 0 Å². The summed E-state index contributed by atoms with van der Waals surface area (Å²) in [6, 6.07) is 6.97. The quantitative estimate of drug-likeness (QED) is 0.603. The van der Waals surface area contributed by atoms with Gasteiger partial charge in [-0.15, -0.1) is 0 Å². The number of amides is 1. The van der Waals surface area contributed by atoms with E-state index >= 15 is 0 Å². The smallest absolute Gasteiger partial charge is 0.232 e. The van der Waals surface area contributed by atoms with Crippen molar-refractivity contribution in [3.8, 4) is 5.75 Å². The predicted molar refractivity (Wildman–Crippen MR) is 120 cm³/mol. The summed E-state index contributed by atoms with van der Waals surface area (Å²) >= 11 is 0. The van der Waals surface area contributed by atoms with Gasteiger partial charge in [-0.2, -0.15) is 0 Å². The van der Waals surface area contributed by atoms with Gasteiger partial charge in [0.25, 0.3) is 0 Å². The van der Waals surface area contributed by atoms with E-state index < -0.39 is 10.0 Å². The van der Waals surface area contributed by atoms with Gasteiger partial charge in [0.15, 0.2) is 0 Å². The topological polar surface area (TPSA) is 75.7 Å². The second-order valence-electron chi connectivity index (χ2n) is 9.77. The van der Waals surface area contributed by atoms with Crippen LogP contribution >= 0.6 is 0 Å². The van der Waals surface area contributed by atoms with Crippen molar-refractivity contribution >= 4 is 21.6 Å². The van der Waals surface area contributed by atoms with Crippen molar-refractivity contribution in [1.82, 2.24) is 5.32 Å². The Morgan fingerprint density at radius 2 is 1.66 bits per heavy atom. The van der Waals surface area contributed by atoms with E-state index in [-0.39, 0.29) is 35.9 Å². The molecule has 0 saturated carbocycles. The molecule has 6 nitrogen and oxygen atoms in total. The fourth-order valence-electron chi connectivity index (χ4n) is 3.64. The van der Waals surface area contributed by atoms with Crippen LogP contribution in [0, 0.1) is 5.41 Å². The van der Waals surface area contributed by atoms with Crippen LogP contribution in [0.1, 0.15) is 67.7 Å². The highest BCUT2D eigenvalue weighted by atomic mass is 32.2. The van der Waals surface area contributed by atoms with Gasteiger partial charge < -0.3 is 10.1 Å². The Hall–Kier alpha value is -1.76. The van der Waals surface area contributed by atoms with Gasteiger partial charge in [-0.1, -0.05) is 20.8 Å². The molecule has 0 atom stereocenters. The third-order valence-corrected chi connectivity index (χ3v) is 5.31. The summed E-state index contributed by atoms with van der Waals surface area (Å²) in [4.78, 5) is 12.4. The maximum absolute atomic E-state index is 12.4. The predicted octanol–water partition coefficient (Wildman–Crippen LogP) is 4.35. The van der Waals surface area contributed by atoms with Gasteiger partial charge in [0, 0.05) is 18.5 Å². The Morgan fingerprint density at radius 1 is 1.10 bits per heavy atom. The number of anilines is 1. The molecule has 1 aromatic rings. The molecule has 0 radical (unpaired) electrons. The standard InChI is InChI=1S/C22H38N2O4S/c1-17(2)28-19-13-11-18(12-14-19)24(29(8,26)27)15-9-10-20(25)23-22(6,7)16-21(3,4)5/h11-14,17H,9-10,15-16H2,1-8H3,(H,23,25). The molecule has 29 heavy (non-hydrogen) atoms. The van der Waals surface area contributed by atoms with Crippen LogP contribution in [0.4, 0.5) is 5.69 Å². The zero-order chi connectivity index (χ0) is 22.5. The van der Waals surface area contributed by atoms with Gasteiger partial charge in [-0.3, -0.25) is 9.10 Å². The maximum Gasteiger partial charge on any atom is 0.232 e. The number of carbonyl (C=O) groups excluding carboxylic acids is 1. The monoisotopic (exact) mass is 426 g/mol. The highest BCUT2D eigenvalue weighted by Crippen LogP contribution is 2.27. The second-order valence-corrected chi connectivity index (χ2v) is 11.7. The van der Waals surface area contributed by atoms with E-state index in [1.807, 2.05) is 27.7 Å². The lowest BCUT2D eigenvalue weighted by molar-refractivity contribution is -0.123. The zero-order valence-corrected chi connectivity index (χ0v) is 20.0. The molecule has 0 spiro atoms. The van der Waals surface area contributed by atoms with Crippen LogP contribution in [0.5, 0.6) is 5.75 Å². The minimum atomic E-state index is -3.45. The largest absolute Gasteiger partial charge is 0.491 e. The van der Waals surface area contributed by atoms with Gasteiger partial charge >= 0.3 is 0 Å². The van der Waals surface area contributed by atoms with E-state index in [0.29, 0.717) is 17.9 Å². The molecule has 7 heteroatoms. The van der Waals surface area contributed by atoms with Crippen molar-refractivity contribution in [2.24, 2.45) is 5.41 Å². The number of carbonyl (C=O) groups is 1. The van der Waals surface area contributed by atoms with Crippen LogP contribution in [0.15, 0.2) is 24.3 Å². The molecule has 1 rings (SSSR count). The van der Waals surface area contributed by atoms with E-state index in [1.165, 1.54) is 10.6 Å². The highest BCUT2D eigenvalue weighted by molar-refractivity contribution is 7.92. The molecule has 1 aromatic carbocycles. The number of ether oxygens (including phenoxy) is 1. The number of rotatable bonds is 10. The number of hydrogen-bond acceptors (Lipinski definition) is 4. The molecule has 0 aliphatic heterocycles. The molecule has 0 aromatic heterocycles. The van der Waals surface area contributed by atoms with Crippen LogP contribution < -0.4 is 14.4 Å². The average molecular weight is 427 g/mol. The first-order valence-corrected chi connectivity index (χ1v) is 12.0. The summed E-state index contributed by atoms with van der Waals surface area (Å²) in [6.07, 6.45) is 2.79. The first kappa shape index (κ1) is 25.3. The van der Waals surface area contributed by atoms with Crippen LogP contribution in [0.3, 0.4) is 0 Å². The normalized spacial score (nSPS) is 12.7. The SMILES string of the molecule is CC(C)Oc1ccc(N(CCCC(=O)NC(C)(C)CC(C)(C)C)S(C)(=O)=O)cc1. The summed E-state index contributed by atoms with van der Waals surface area (Å²) in [5.41, 5.74) is 0.366. The van der Waals surface area contributed by atoms with E-state index in [2.05, 4.69) is 26.1 Å². The molecule has 0 fully saturated rings. The van der Waals surface area contributed by atoms with Gasteiger partial charge in [0.2, 0.25) is 15.9 Å². The van der Waals surface area contributed by atoms with E-state index in [1.54, 1.807) is 24.3 Å². The Kier molecular flexibility index (Phi) is 8.57. The van der Waals surface area contributed by atoms with Crippen molar-refractivity contribution in [2.75, 3.05) is 17.1 Å². The highest BCUT2D eigenvalue weighted by Gasteiger charge is 2.27. The van der Waals surface area contributed by atoms with E-state index in [9.17, 15) is 13.2 Å². The fraction of sp³-hybridized carbons (Fsp3) is 0.682. The van der Waals surface area contributed by atoms with Gasteiger partial charge in [0.05, 0.1) is 18.0 Å². The maximum atomic E-state index is 12.4. The molecule has 0 aliphatic carbocycles.